The Morgan fingerprint density at radius 2 is 1.86 bits per heavy atom. The second-order valence-corrected chi connectivity index (χ2v) is 8.02. The van der Waals surface area contributed by atoms with E-state index in [0.29, 0.717) is 18.0 Å². The lowest BCUT2D eigenvalue weighted by atomic mass is 9.78. The molecule has 1 fully saturated rings. The number of ether oxygens (including phenoxy) is 1. The second kappa shape index (κ2) is 7.56. The molecule has 0 bridgehead atoms. The topological polar surface area (TPSA) is 69.7 Å². The maximum absolute atomic E-state index is 12.5. The summed E-state index contributed by atoms with van der Waals surface area (Å²) in [7, 11) is 1.10. The van der Waals surface area contributed by atoms with Crippen LogP contribution in [0.15, 0.2) is 36.5 Å². The molecule has 7 heteroatoms. The lowest BCUT2D eigenvalue weighted by Gasteiger charge is -2.32. The van der Waals surface area contributed by atoms with Crippen LogP contribution < -0.4 is 15.5 Å². The molecule has 28 heavy (non-hydrogen) atoms. The highest BCUT2D eigenvalue weighted by Crippen LogP contribution is 2.36. The molecule has 2 aromatic rings. The van der Waals surface area contributed by atoms with Crippen molar-refractivity contribution < 1.29 is 18.8 Å². The molecule has 1 aliphatic rings. The molecular formula is C21H27BN2O4. The van der Waals surface area contributed by atoms with Crippen molar-refractivity contribution in [3.05, 3.63) is 53.2 Å². The van der Waals surface area contributed by atoms with Crippen molar-refractivity contribution >= 4 is 18.5 Å². The number of hydrogen-bond acceptors (Lipinski definition) is 5. The van der Waals surface area contributed by atoms with Gasteiger partial charge in [-0.3, -0.25) is 4.79 Å². The summed E-state index contributed by atoms with van der Waals surface area (Å²) >= 11 is 0. The van der Waals surface area contributed by atoms with Gasteiger partial charge in [0.25, 0.3) is 5.91 Å². The molecule has 1 N–H and O–H groups in total. The Morgan fingerprint density at radius 1 is 1.18 bits per heavy atom. The van der Waals surface area contributed by atoms with Crippen LogP contribution in [0.25, 0.3) is 0 Å². The molecule has 1 aliphatic heterocycles. The van der Waals surface area contributed by atoms with Gasteiger partial charge in [-0.1, -0.05) is 18.2 Å². The van der Waals surface area contributed by atoms with Gasteiger partial charge in [-0.15, -0.1) is 0 Å². The lowest BCUT2D eigenvalue weighted by molar-refractivity contribution is 0.00578. The molecule has 0 atom stereocenters. The number of carbonyl (C=O) groups excluding carboxylic acids is 1. The van der Waals surface area contributed by atoms with Crippen molar-refractivity contribution in [2.24, 2.45) is 0 Å². The van der Waals surface area contributed by atoms with E-state index in [-0.39, 0.29) is 17.1 Å². The number of benzene rings is 1. The fourth-order valence-corrected chi connectivity index (χ4v) is 3.04. The third kappa shape index (κ3) is 3.91. The van der Waals surface area contributed by atoms with Gasteiger partial charge < -0.3 is 19.4 Å². The first-order valence-electron chi connectivity index (χ1n) is 9.37. The first kappa shape index (κ1) is 20.4. The number of pyridine rings is 1. The number of nitrogens with zero attached hydrogens (tertiary/aromatic N) is 1. The molecule has 0 saturated carbocycles. The summed E-state index contributed by atoms with van der Waals surface area (Å²) in [5.41, 5.74) is 2.72. The quantitative estimate of drug-likeness (QED) is 0.806. The highest BCUT2D eigenvalue weighted by molar-refractivity contribution is 6.62. The van der Waals surface area contributed by atoms with Crippen LogP contribution in [0.4, 0.5) is 0 Å². The zero-order chi connectivity index (χ0) is 20.5. The zero-order valence-corrected chi connectivity index (χ0v) is 17.3. The smallest absolute Gasteiger partial charge is 0.480 e. The van der Waals surface area contributed by atoms with Gasteiger partial charge in [-0.2, -0.15) is 0 Å². The van der Waals surface area contributed by atoms with Crippen LogP contribution in [-0.2, 0) is 15.9 Å². The van der Waals surface area contributed by atoms with Crippen LogP contribution in [0, 0.1) is 6.92 Å². The molecule has 148 valence electrons. The van der Waals surface area contributed by atoms with Crippen molar-refractivity contribution in [3.8, 4) is 5.88 Å². The Labute approximate surface area is 166 Å². The summed E-state index contributed by atoms with van der Waals surface area (Å²) in [5, 5.41) is 2.92. The van der Waals surface area contributed by atoms with E-state index >= 15 is 0 Å². The maximum Gasteiger partial charge on any atom is 0.494 e. The molecule has 3 rings (SSSR count). The minimum atomic E-state index is -0.396. The first-order chi connectivity index (χ1) is 13.1. The van der Waals surface area contributed by atoms with Gasteiger partial charge in [0.2, 0.25) is 5.88 Å². The van der Waals surface area contributed by atoms with Crippen LogP contribution in [0.2, 0.25) is 0 Å². The van der Waals surface area contributed by atoms with E-state index < -0.39 is 7.12 Å². The van der Waals surface area contributed by atoms with E-state index in [1.54, 1.807) is 18.3 Å². The van der Waals surface area contributed by atoms with Crippen molar-refractivity contribution in [2.75, 3.05) is 7.11 Å². The Kier molecular flexibility index (Phi) is 5.50. The fourth-order valence-electron chi connectivity index (χ4n) is 3.04. The van der Waals surface area contributed by atoms with E-state index in [2.05, 4.69) is 10.3 Å². The number of rotatable bonds is 5. The zero-order valence-electron chi connectivity index (χ0n) is 17.3. The van der Waals surface area contributed by atoms with Gasteiger partial charge in [-0.25, -0.2) is 4.98 Å². The average Bonchev–Trinajstić information content (AvgIpc) is 2.87. The third-order valence-corrected chi connectivity index (χ3v) is 5.54. The Balaban J connectivity index is 1.69. The van der Waals surface area contributed by atoms with Gasteiger partial charge in [0.05, 0.1) is 18.3 Å². The van der Waals surface area contributed by atoms with Crippen LogP contribution in [0.3, 0.4) is 0 Å². The number of carbonyl (C=O) groups is 1. The van der Waals surface area contributed by atoms with Crippen molar-refractivity contribution in [1.29, 1.82) is 0 Å². The Morgan fingerprint density at radius 3 is 2.46 bits per heavy atom. The summed E-state index contributed by atoms with van der Waals surface area (Å²) in [6.45, 7) is 10.6. The molecule has 1 saturated heterocycles. The van der Waals surface area contributed by atoms with Crippen molar-refractivity contribution in [3.63, 3.8) is 0 Å². The Hall–Kier alpha value is -2.38. The van der Waals surface area contributed by atoms with Gasteiger partial charge in [0.15, 0.2) is 0 Å². The van der Waals surface area contributed by atoms with Crippen LogP contribution >= 0.6 is 0 Å². The van der Waals surface area contributed by atoms with Gasteiger partial charge in [-0.05, 0) is 63.3 Å². The number of methoxy groups -OCH3 is 1. The minimum Gasteiger partial charge on any atom is -0.480 e. The van der Waals surface area contributed by atoms with Crippen molar-refractivity contribution in [2.45, 2.75) is 52.4 Å². The fraction of sp³-hybridized carbons (Fsp3) is 0.429. The van der Waals surface area contributed by atoms with E-state index in [1.807, 2.05) is 52.8 Å². The third-order valence-electron chi connectivity index (χ3n) is 5.54. The van der Waals surface area contributed by atoms with E-state index in [1.165, 1.54) is 7.11 Å². The summed E-state index contributed by atoms with van der Waals surface area (Å²) in [6, 6.07) is 9.43. The van der Waals surface area contributed by atoms with Gasteiger partial charge in [0.1, 0.15) is 5.56 Å². The average molecular weight is 382 g/mol. The van der Waals surface area contributed by atoms with Crippen molar-refractivity contribution in [1.82, 2.24) is 10.3 Å². The van der Waals surface area contributed by atoms with Crippen LogP contribution in [0.1, 0.15) is 49.2 Å². The number of amides is 1. The molecule has 1 aromatic heterocycles. The highest BCUT2D eigenvalue weighted by Gasteiger charge is 2.51. The summed E-state index contributed by atoms with van der Waals surface area (Å²) in [6.07, 6.45) is 1.59. The monoisotopic (exact) mass is 382 g/mol. The molecule has 0 aliphatic carbocycles. The summed E-state index contributed by atoms with van der Waals surface area (Å²) in [5.74, 6) is 0.0900. The van der Waals surface area contributed by atoms with E-state index in [0.717, 1.165) is 16.6 Å². The molecule has 0 radical (unpaired) electrons. The molecule has 0 spiro atoms. The predicted octanol–water partition coefficient (Wildman–Crippen LogP) is 2.63. The molecule has 2 heterocycles. The molecular weight excluding hydrogens is 355 g/mol. The Bertz CT molecular complexity index is 866. The predicted molar refractivity (Wildman–Crippen MR) is 109 cm³/mol. The molecule has 0 unspecified atom stereocenters. The van der Waals surface area contributed by atoms with Gasteiger partial charge >= 0.3 is 7.12 Å². The molecule has 1 amide bonds. The van der Waals surface area contributed by atoms with Crippen LogP contribution in [0.5, 0.6) is 5.88 Å². The SMILES string of the molecule is COc1ncccc1C(=O)NCc1ccc(B2OC(C)(C)C(C)(C)O2)cc1C. The maximum atomic E-state index is 12.5. The normalized spacial score (nSPS) is 17.4. The highest BCUT2D eigenvalue weighted by atomic mass is 16.7. The summed E-state index contributed by atoms with van der Waals surface area (Å²) in [4.78, 5) is 16.5. The first-order valence-corrected chi connectivity index (χ1v) is 9.37. The standard InChI is InChI=1S/C21H27BN2O4/c1-14-12-16(22-27-20(2,3)21(4,5)28-22)10-9-15(14)13-24-18(25)17-8-7-11-23-19(17)26-6/h7-12H,13H2,1-6H3,(H,24,25). The van der Waals surface area contributed by atoms with Gasteiger partial charge in [0, 0.05) is 12.7 Å². The molecule has 1 aromatic carbocycles. The summed E-state index contributed by atoms with van der Waals surface area (Å²) < 4.78 is 17.4. The number of aryl methyl sites for hydroxylation is 1. The van der Waals surface area contributed by atoms with E-state index in [9.17, 15) is 4.79 Å². The number of nitrogens with one attached hydrogen (secondary N) is 1. The molecule has 6 nitrogen and oxygen atoms in total. The van der Waals surface area contributed by atoms with E-state index in [4.69, 9.17) is 14.0 Å². The second-order valence-electron chi connectivity index (χ2n) is 8.02. The number of hydrogen-bond donors (Lipinski definition) is 1. The lowest BCUT2D eigenvalue weighted by Crippen LogP contribution is -2.41. The largest absolute Gasteiger partial charge is 0.494 e. The van der Waals surface area contributed by atoms with Crippen LogP contribution in [-0.4, -0.2) is 36.3 Å². The minimum absolute atomic E-state index is 0.223. The number of aromatic nitrogens is 1.